The van der Waals surface area contributed by atoms with E-state index in [-0.39, 0.29) is 16.9 Å². The van der Waals surface area contributed by atoms with E-state index in [1.165, 1.54) is 18.5 Å². The van der Waals surface area contributed by atoms with Gasteiger partial charge in [0, 0.05) is 25.0 Å². The molecule has 0 aliphatic heterocycles. The van der Waals surface area contributed by atoms with Crippen LogP contribution in [0.2, 0.25) is 0 Å². The van der Waals surface area contributed by atoms with Crippen molar-refractivity contribution in [1.82, 2.24) is 10.3 Å². The first kappa shape index (κ1) is 12.4. The lowest BCUT2D eigenvalue weighted by Gasteiger charge is -2.03. The molecule has 0 aliphatic carbocycles. The normalized spacial score (nSPS) is 9.75. The Morgan fingerprint density at radius 1 is 1.56 bits per heavy atom. The van der Waals surface area contributed by atoms with E-state index in [9.17, 15) is 9.59 Å². The number of pyridine rings is 1. The number of nitrogens with one attached hydrogen (secondary N) is 2. The highest BCUT2D eigenvalue weighted by Gasteiger charge is 2.07. The second kappa shape index (κ2) is 6.02. The largest absolute Gasteiger partial charge is 0.393 e. The Labute approximate surface area is 98.0 Å². The maximum atomic E-state index is 11.5. The number of amides is 1. The molecule has 1 heterocycles. The summed E-state index contributed by atoms with van der Waals surface area (Å²) >= 11 is 4.70. The molecule has 1 rings (SSSR count). The summed E-state index contributed by atoms with van der Waals surface area (Å²) in [6.45, 7) is 0.449. The zero-order chi connectivity index (χ0) is 12.0. The van der Waals surface area contributed by atoms with Gasteiger partial charge in [-0.3, -0.25) is 9.59 Å². The van der Waals surface area contributed by atoms with E-state index in [1.54, 1.807) is 0 Å². The highest BCUT2D eigenvalue weighted by Crippen LogP contribution is 1.90. The molecule has 86 valence electrons. The molecule has 4 N–H and O–H groups in total. The van der Waals surface area contributed by atoms with Gasteiger partial charge in [0.05, 0.1) is 4.99 Å². The second-order valence-corrected chi connectivity index (χ2v) is 3.77. The zero-order valence-electron chi connectivity index (χ0n) is 8.66. The van der Waals surface area contributed by atoms with Crippen LogP contribution in [0.15, 0.2) is 23.3 Å². The van der Waals surface area contributed by atoms with E-state index in [0.717, 1.165) is 0 Å². The first-order chi connectivity index (χ1) is 7.61. The molecule has 0 aliphatic rings. The number of aromatic nitrogens is 1. The van der Waals surface area contributed by atoms with Gasteiger partial charge >= 0.3 is 0 Å². The third-order valence-corrected chi connectivity index (χ3v) is 2.16. The topological polar surface area (TPSA) is 88.0 Å². The summed E-state index contributed by atoms with van der Waals surface area (Å²) in [6, 6.07) is 1.31. The van der Waals surface area contributed by atoms with Crippen LogP contribution in [0, 0.1) is 0 Å². The Morgan fingerprint density at radius 3 is 2.94 bits per heavy atom. The molecule has 0 unspecified atom stereocenters. The zero-order valence-corrected chi connectivity index (χ0v) is 9.47. The number of aromatic amines is 1. The lowest BCUT2D eigenvalue weighted by Crippen LogP contribution is -2.29. The number of nitrogens with two attached hydrogens (primary N) is 1. The Morgan fingerprint density at radius 2 is 2.31 bits per heavy atom. The van der Waals surface area contributed by atoms with E-state index < -0.39 is 0 Å². The molecule has 16 heavy (non-hydrogen) atoms. The smallest absolute Gasteiger partial charge is 0.256 e. The molecule has 0 atom stereocenters. The summed E-state index contributed by atoms with van der Waals surface area (Å²) in [4.78, 5) is 25.9. The standard InChI is InChI=1S/C10H13N3O2S/c11-9(16)2-1-4-13-10(15)7-6-12-5-3-8(7)14/h3,5-6H,1-2,4H2,(H2,11,16)(H,12,14)(H,13,15). The number of hydrogen-bond acceptors (Lipinski definition) is 3. The van der Waals surface area contributed by atoms with Crippen molar-refractivity contribution in [2.24, 2.45) is 5.73 Å². The maximum Gasteiger partial charge on any atom is 0.256 e. The van der Waals surface area contributed by atoms with Crippen LogP contribution >= 0.6 is 12.2 Å². The summed E-state index contributed by atoms with van der Waals surface area (Å²) in [7, 11) is 0. The number of hydrogen-bond donors (Lipinski definition) is 3. The molecule has 1 aromatic heterocycles. The highest BCUT2D eigenvalue weighted by molar-refractivity contribution is 7.80. The van der Waals surface area contributed by atoms with Crippen LogP contribution in [-0.4, -0.2) is 22.4 Å². The molecule has 0 spiro atoms. The molecule has 1 aromatic rings. The van der Waals surface area contributed by atoms with Gasteiger partial charge in [0.25, 0.3) is 5.91 Å². The molecule has 0 saturated carbocycles. The van der Waals surface area contributed by atoms with Crippen molar-refractivity contribution < 1.29 is 4.79 Å². The van der Waals surface area contributed by atoms with Gasteiger partial charge in [0.2, 0.25) is 0 Å². The summed E-state index contributed by atoms with van der Waals surface area (Å²) in [6.07, 6.45) is 4.11. The quantitative estimate of drug-likeness (QED) is 0.505. The summed E-state index contributed by atoms with van der Waals surface area (Å²) < 4.78 is 0. The third kappa shape index (κ3) is 3.82. The Bertz CT molecular complexity index is 442. The molecule has 0 saturated heterocycles. The number of carbonyl (C=O) groups excluding carboxylic acids is 1. The Balaban J connectivity index is 2.45. The first-order valence-electron chi connectivity index (χ1n) is 4.85. The number of thiocarbonyl (C=S) groups is 1. The van der Waals surface area contributed by atoms with Crippen LogP contribution in [0.4, 0.5) is 0 Å². The average Bonchev–Trinajstić information content (AvgIpc) is 2.24. The van der Waals surface area contributed by atoms with E-state index in [4.69, 9.17) is 18.0 Å². The predicted octanol–water partition coefficient (Wildman–Crippen LogP) is 0.171. The van der Waals surface area contributed by atoms with Crippen molar-refractivity contribution in [2.75, 3.05) is 6.54 Å². The lowest BCUT2D eigenvalue weighted by atomic mass is 10.2. The number of rotatable bonds is 5. The average molecular weight is 239 g/mol. The van der Waals surface area contributed by atoms with Gasteiger partial charge in [-0.1, -0.05) is 12.2 Å². The fourth-order valence-corrected chi connectivity index (χ4v) is 1.30. The Hall–Kier alpha value is -1.69. The molecule has 5 nitrogen and oxygen atoms in total. The van der Waals surface area contributed by atoms with Crippen molar-refractivity contribution in [3.05, 3.63) is 34.2 Å². The molecule has 6 heteroatoms. The van der Waals surface area contributed by atoms with Crippen LogP contribution in [0.1, 0.15) is 23.2 Å². The fraction of sp³-hybridized carbons (Fsp3) is 0.300. The molecular formula is C10H13N3O2S. The minimum Gasteiger partial charge on any atom is -0.393 e. The minimum absolute atomic E-state index is 0.109. The van der Waals surface area contributed by atoms with Crippen LogP contribution in [0.5, 0.6) is 0 Å². The van der Waals surface area contributed by atoms with Crippen molar-refractivity contribution >= 4 is 23.1 Å². The Kier molecular flexibility index (Phi) is 4.65. The van der Waals surface area contributed by atoms with Crippen molar-refractivity contribution in [3.8, 4) is 0 Å². The lowest BCUT2D eigenvalue weighted by molar-refractivity contribution is 0.0952. The maximum absolute atomic E-state index is 11.5. The predicted molar refractivity (Wildman–Crippen MR) is 65.4 cm³/mol. The molecule has 0 bridgehead atoms. The van der Waals surface area contributed by atoms with E-state index >= 15 is 0 Å². The van der Waals surface area contributed by atoms with Crippen molar-refractivity contribution in [3.63, 3.8) is 0 Å². The van der Waals surface area contributed by atoms with Gasteiger partial charge in [0.15, 0.2) is 5.43 Å². The molecule has 0 fully saturated rings. The SMILES string of the molecule is NC(=S)CCCNC(=O)c1c[nH]ccc1=O. The minimum atomic E-state index is -0.384. The van der Waals surface area contributed by atoms with Crippen LogP contribution in [-0.2, 0) is 0 Å². The van der Waals surface area contributed by atoms with Gasteiger partial charge in [-0.25, -0.2) is 0 Å². The van der Waals surface area contributed by atoms with E-state index in [0.29, 0.717) is 24.4 Å². The molecule has 0 radical (unpaired) electrons. The fourth-order valence-electron chi connectivity index (χ4n) is 1.15. The summed E-state index contributed by atoms with van der Waals surface area (Å²) in [5.74, 6) is -0.384. The van der Waals surface area contributed by atoms with E-state index in [1.807, 2.05) is 0 Å². The van der Waals surface area contributed by atoms with Crippen LogP contribution in [0.25, 0.3) is 0 Å². The monoisotopic (exact) mass is 239 g/mol. The van der Waals surface area contributed by atoms with Gasteiger partial charge in [-0.05, 0) is 12.8 Å². The van der Waals surface area contributed by atoms with Crippen molar-refractivity contribution in [2.45, 2.75) is 12.8 Å². The first-order valence-corrected chi connectivity index (χ1v) is 5.25. The van der Waals surface area contributed by atoms with E-state index in [2.05, 4.69) is 10.3 Å². The number of H-pyrrole nitrogens is 1. The van der Waals surface area contributed by atoms with Gasteiger partial charge in [0.1, 0.15) is 5.56 Å². The van der Waals surface area contributed by atoms with Crippen LogP contribution in [0.3, 0.4) is 0 Å². The molecular weight excluding hydrogens is 226 g/mol. The second-order valence-electron chi connectivity index (χ2n) is 3.25. The number of carbonyl (C=O) groups is 1. The van der Waals surface area contributed by atoms with Crippen LogP contribution < -0.4 is 16.5 Å². The van der Waals surface area contributed by atoms with Gasteiger partial charge < -0.3 is 16.0 Å². The summed E-state index contributed by atoms with van der Waals surface area (Å²) in [5, 5.41) is 2.62. The molecule has 0 aromatic carbocycles. The highest BCUT2D eigenvalue weighted by atomic mass is 32.1. The van der Waals surface area contributed by atoms with Gasteiger partial charge in [-0.15, -0.1) is 0 Å². The van der Waals surface area contributed by atoms with Crippen molar-refractivity contribution in [1.29, 1.82) is 0 Å². The van der Waals surface area contributed by atoms with Gasteiger partial charge in [-0.2, -0.15) is 0 Å². The third-order valence-electron chi connectivity index (χ3n) is 1.95. The summed E-state index contributed by atoms with van der Waals surface area (Å²) in [5.41, 5.74) is 5.12. The molecule has 1 amide bonds.